The van der Waals surface area contributed by atoms with Crippen molar-refractivity contribution in [1.29, 1.82) is 0 Å². The molecular formula is C23H23N5O3S. The van der Waals surface area contributed by atoms with Gasteiger partial charge in [-0.05, 0) is 38.3 Å². The van der Waals surface area contributed by atoms with E-state index in [9.17, 15) is 9.59 Å². The number of carbonyl (C=O) groups excluding carboxylic acids is 1. The van der Waals surface area contributed by atoms with Gasteiger partial charge in [-0.3, -0.25) is 14.2 Å². The van der Waals surface area contributed by atoms with Gasteiger partial charge in [-0.25, -0.2) is 4.98 Å². The molecule has 1 N–H and O–H groups in total. The van der Waals surface area contributed by atoms with Gasteiger partial charge < -0.3 is 9.84 Å². The first-order valence-corrected chi connectivity index (χ1v) is 11.5. The molecule has 3 heterocycles. The fraction of sp³-hybridized carbons (Fsp3) is 0.348. The average molecular weight is 450 g/mol. The van der Waals surface area contributed by atoms with Crippen molar-refractivity contribution >= 4 is 27.5 Å². The number of benzene rings is 1. The van der Waals surface area contributed by atoms with Gasteiger partial charge in [0.15, 0.2) is 0 Å². The van der Waals surface area contributed by atoms with E-state index in [1.165, 1.54) is 22.2 Å². The van der Waals surface area contributed by atoms with Crippen molar-refractivity contribution in [1.82, 2.24) is 25.0 Å². The molecule has 0 bridgehead atoms. The Morgan fingerprint density at radius 2 is 2.09 bits per heavy atom. The van der Waals surface area contributed by atoms with Crippen LogP contribution in [0.5, 0.6) is 0 Å². The van der Waals surface area contributed by atoms with Crippen molar-refractivity contribution in [3.63, 3.8) is 0 Å². The number of fused-ring (bicyclic) bond motifs is 1. The molecule has 9 heteroatoms. The van der Waals surface area contributed by atoms with E-state index in [0.717, 1.165) is 42.4 Å². The van der Waals surface area contributed by atoms with E-state index in [1.54, 1.807) is 0 Å². The number of amides is 1. The van der Waals surface area contributed by atoms with Crippen molar-refractivity contribution in [3.8, 4) is 22.2 Å². The van der Waals surface area contributed by atoms with Crippen molar-refractivity contribution in [2.45, 2.75) is 52.1 Å². The number of nitrogens with zero attached hydrogens (tertiary/aromatic N) is 4. The zero-order valence-corrected chi connectivity index (χ0v) is 18.7. The van der Waals surface area contributed by atoms with Crippen molar-refractivity contribution in [3.05, 3.63) is 52.1 Å². The van der Waals surface area contributed by atoms with Crippen molar-refractivity contribution < 1.29 is 9.32 Å². The lowest BCUT2D eigenvalue weighted by atomic mass is 10.1. The van der Waals surface area contributed by atoms with Crippen LogP contribution in [-0.4, -0.2) is 31.6 Å². The van der Waals surface area contributed by atoms with Gasteiger partial charge in [-0.2, -0.15) is 4.98 Å². The molecule has 0 saturated heterocycles. The molecule has 0 spiro atoms. The van der Waals surface area contributed by atoms with E-state index >= 15 is 0 Å². The number of hydrogen-bond acceptors (Lipinski definition) is 7. The summed E-state index contributed by atoms with van der Waals surface area (Å²) in [7, 11) is 0. The van der Waals surface area contributed by atoms with Crippen LogP contribution in [0, 0.1) is 13.8 Å². The van der Waals surface area contributed by atoms with Gasteiger partial charge in [0.1, 0.15) is 11.4 Å². The molecule has 164 valence electrons. The quantitative estimate of drug-likeness (QED) is 0.496. The van der Waals surface area contributed by atoms with E-state index in [-0.39, 0.29) is 24.1 Å². The summed E-state index contributed by atoms with van der Waals surface area (Å²) >= 11 is 1.34. The van der Waals surface area contributed by atoms with Crippen LogP contribution in [0.25, 0.3) is 32.4 Å². The first-order chi connectivity index (χ1) is 15.5. The topological polar surface area (TPSA) is 103 Å². The molecule has 8 nitrogen and oxygen atoms in total. The van der Waals surface area contributed by atoms with Crippen molar-refractivity contribution in [2.24, 2.45) is 0 Å². The Hall–Kier alpha value is -3.33. The highest BCUT2D eigenvalue weighted by atomic mass is 32.1. The Morgan fingerprint density at radius 1 is 1.28 bits per heavy atom. The maximum Gasteiger partial charge on any atom is 0.268 e. The van der Waals surface area contributed by atoms with Crippen LogP contribution in [-0.2, 0) is 11.3 Å². The highest BCUT2D eigenvalue weighted by Crippen LogP contribution is 2.35. The summed E-state index contributed by atoms with van der Waals surface area (Å²) in [6.45, 7) is 3.81. The molecule has 0 atom stereocenters. The largest absolute Gasteiger partial charge is 0.352 e. The Morgan fingerprint density at radius 3 is 2.88 bits per heavy atom. The lowest BCUT2D eigenvalue weighted by Crippen LogP contribution is -2.37. The van der Waals surface area contributed by atoms with Gasteiger partial charge in [0.25, 0.3) is 11.4 Å². The maximum atomic E-state index is 13.1. The molecule has 3 aromatic heterocycles. The molecular weight excluding hydrogens is 426 g/mol. The Kier molecular flexibility index (Phi) is 5.34. The highest BCUT2D eigenvalue weighted by Gasteiger charge is 2.22. The van der Waals surface area contributed by atoms with Gasteiger partial charge in [-0.15, -0.1) is 11.3 Å². The minimum Gasteiger partial charge on any atom is -0.352 e. The predicted molar refractivity (Wildman–Crippen MR) is 122 cm³/mol. The van der Waals surface area contributed by atoms with Crippen LogP contribution in [0.4, 0.5) is 0 Å². The fourth-order valence-corrected chi connectivity index (χ4v) is 5.25. The average Bonchev–Trinajstić information content (AvgIpc) is 3.51. The van der Waals surface area contributed by atoms with Crippen molar-refractivity contribution in [2.75, 3.05) is 0 Å². The number of aromatic nitrogens is 4. The first kappa shape index (κ1) is 20.6. The Bertz CT molecular complexity index is 1360. The summed E-state index contributed by atoms with van der Waals surface area (Å²) in [4.78, 5) is 35.8. The summed E-state index contributed by atoms with van der Waals surface area (Å²) in [6.07, 6.45) is 5.71. The molecule has 1 amide bonds. The molecule has 4 aromatic rings. The van der Waals surface area contributed by atoms with Crippen LogP contribution in [0.2, 0.25) is 0 Å². The van der Waals surface area contributed by atoms with Crippen LogP contribution in [0.3, 0.4) is 0 Å². The minimum atomic E-state index is -0.241. The zero-order valence-electron chi connectivity index (χ0n) is 17.9. The van der Waals surface area contributed by atoms with E-state index in [4.69, 9.17) is 4.52 Å². The normalized spacial score (nSPS) is 14.3. The number of nitrogens with one attached hydrogen (secondary N) is 1. The zero-order chi connectivity index (χ0) is 22.2. The molecule has 5 rings (SSSR count). The molecule has 1 aliphatic carbocycles. The third-order valence-corrected chi connectivity index (χ3v) is 7.04. The fourth-order valence-electron chi connectivity index (χ4n) is 4.19. The monoisotopic (exact) mass is 449 g/mol. The number of rotatable bonds is 5. The number of carbonyl (C=O) groups is 1. The number of thiophene rings is 1. The second kappa shape index (κ2) is 8.31. The summed E-state index contributed by atoms with van der Waals surface area (Å²) in [6, 6.07) is 8.08. The summed E-state index contributed by atoms with van der Waals surface area (Å²) < 4.78 is 6.88. The second-order valence-electron chi connectivity index (χ2n) is 8.26. The molecule has 0 unspecified atom stereocenters. The van der Waals surface area contributed by atoms with Gasteiger partial charge in [0, 0.05) is 11.6 Å². The maximum absolute atomic E-state index is 13.1. The molecule has 32 heavy (non-hydrogen) atoms. The summed E-state index contributed by atoms with van der Waals surface area (Å²) in [5, 5.41) is 7.60. The van der Waals surface area contributed by atoms with Gasteiger partial charge >= 0.3 is 0 Å². The van der Waals surface area contributed by atoms with Crippen LogP contribution in [0.15, 0.2) is 39.9 Å². The third-order valence-electron chi connectivity index (χ3n) is 5.85. The Labute approximate surface area is 188 Å². The van der Waals surface area contributed by atoms with E-state index in [2.05, 4.69) is 20.4 Å². The number of hydrogen-bond donors (Lipinski definition) is 1. The molecule has 0 aliphatic heterocycles. The molecule has 1 aromatic carbocycles. The van der Waals surface area contributed by atoms with Gasteiger partial charge in [0.2, 0.25) is 11.7 Å². The van der Waals surface area contributed by atoms with E-state index < -0.39 is 0 Å². The second-order valence-corrected chi connectivity index (χ2v) is 9.25. The van der Waals surface area contributed by atoms with Gasteiger partial charge in [-0.1, -0.05) is 41.8 Å². The van der Waals surface area contributed by atoms with Crippen LogP contribution < -0.4 is 10.9 Å². The molecule has 1 aliphatic rings. The van der Waals surface area contributed by atoms with Crippen LogP contribution >= 0.6 is 11.3 Å². The summed E-state index contributed by atoms with van der Waals surface area (Å²) in [5.41, 5.74) is 2.46. The smallest absolute Gasteiger partial charge is 0.268 e. The SMILES string of the molecule is Cc1cccc(-c2noc(-c3sc4ncn(CC(=O)NC5CCCC5)c(=O)c4c3C)n2)c1. The molecule has 0 radical (unpaired) electrons. The lowest BCUT2D eigenvalue weighted by Gasteiger charge is -2.12. The standard InChI is InChI=1S/C23H23N5O3S/c1-13-6-5-7-15(10-13)20-26-21(31-27-20)19-14(2)18-22(32-19)24-12-28(23(18)30)11-17(29)25-16-8-3-4-9-16/h5-7,10,12,16H,3-4,8-9,11H2,1-2H3,(H,25,29). The van der Waals surface area contributed by atoms with E-state index in [1.807, 2.05) is 38.1 Å². The lowest BCUT2D eigenvalue weighted by molar-refractivity contribution is -0.122. The summed E-state index contributed by atoms with van der Waals surface area (Å²) in [5.74, 6) is 0.689. The molecule has 1 saturated carbocycles. The predicted octanol–water partition coefficient (Wildman–Crippen LogP) is 3.85. The third kappa shape index (κ3) is 3.84. The highest BCUT2D eigenvalue weighted by molar-refractivity contribution is 7.22. The molecule has 1 fully saturated rings. The minimum absolute atomic E-state index is 0.0407. The van der Waals surface area contributed by atoms with E-state index in [0.29, 0.717) is 26.8 Å². The Balaban J connectivity index is 1.45. The van der Waals surface area contributed by atoms with Gasteiger partial charge in [0.05, 0.1) is 16.6 Å². The first-order valence-electron chi connectivity index (χ1n) is 10.7. The van der Waals surface area contributed by atoms with Crippen LogP contribution in [0.1, 0.15) is 36.8 Å². The number of aryl methyl sites for hydroxylation is 2.